The van der Waals surface area contributed by atoms with Crippen LogP contribution >= 0.6 is 11.6 Å². The molecular weight excluding hydrogens is 343 g/mol. The Labute approximate surface area is 142 Å². The summed E-state index contributed by atoms with van der Waals surface area (Å²) in [4.78, 5) is 8.20. The molecule has 0 amide bonds. The molecule has 0 bridgehead atoms. The summed E-state index contributed by atoms with van der Waals surface area (Å²) in [6.07, 6.45) is -0.526. The van der Waals surface area contributed by atoms with E-state index in [4.69, 9.17) is 22.6 Å². The molecule has 1 aromatic rings. The number of rotatable bonds is 3. The van der Waals surface area contributed by atoms with E-state index in [2.05, 4.69) is 15.3 Å². The number of nitriles is 1. The first kappa shape index (κ1) is 18.2. The Bertz CT molecular complexity index is 700. The van der Waals surface area contributed by atoms with Gasteiger partial charge in [0.05, 0.1) is 17.3 Å². The van der Waals surface area contributed by atoms with E-state index in [0.29, 0.717) is 0 Å². The maximum absolute atomic E-state index is 13.1. The van der Waals surface area contributed by atoms with Crippen molar-refractivity contribution in [1.82, 2.24) is 10.3 Å². The summed E-state index contributed by atoms with van der Waals surface area (Å²) in [5, 5.41) is 11.6. The molecule has 0 radical (unpaired) electrons. The summed E-state index contributed by atoms with van der Waals surface area (Å²) < 4.78 is 39.3. The third-order valence-corrected chi connectivity index (χ3v) is 3.87. The Morgan fingerprint density at radius 2 is 2.12 bits per heavy atom. The second-order valence-corrected chi connectivity index (χ2v) is 5.57. The number of allylic oxidation sites excluding steroid dienone is 1. The summed E-state index contributed by atoms with van der Waals surface area (Å²) in [6, 6.07) is 2.27. The molecule has 128 valence electrons. The van der Waals surface area contributed by atoms with E-state index in [1.807, 2.05) is 0 Å². The van der Waals surface area contributed by atoms with Crippen molar-refractivity contribution in [2.45, 2.75) is 25.1 Å². The van der Waals surface area contributed by atoms with Crippen molar-refractivity contribution in [1.29, 1.82) is 5.26 Å². The quantitative estimate of drug-likeness (QED) is 0.643. The van der Waals surface area contributed by atoms with Crippen LogP contribution in [0.1, 0.15) is 29.7 Å². The van der Waals surface area contributed by atoms with E-state index in [0.717, 1.165) is 38.2 Å². The van der Waals surface area contributed by atoms with E-state index >= 15 is 0 Å². The molecule has 1 saturated heterocycles. The van der Waals surface area contributed by atoms with Crippen LogP contribution in [0.15, 0.2) is 17.3 Å². The van der Waals surface area contributed by atoms with Crippen LogP contribution in [0.25, 0.3) is 5.57 Å². The van der Waals surface area contributed by atoms with E-state index in [9.17, 15) is 13.2 Å². The Kier molecular flexibility index (Phi) is 5.80. The highest BCUT2D eigenvalue weighted by atomic mass is 35.5. The molecule has 0 aliphatic carbocycles. The average Bonchev–Trinajstić information content (AvgIpc) is 2.55. The molecule has 2 heterocycles. The predicted molar refractivity (Wildman–Crippen MR) is 85.5 cm³/mol. The first-order chi connectivity index (χ1) is 11.4. The van der Waals surface area contributed by atoms with E-state index in [1.165, 1.54) is 12.3 Å². The third-order valence-electron chi connectivity index (χ3n) is 3.60. The van der Waals surface area contributed by atoms with Crippen LogP contribution in [0.5, 0.6) is 0 Å². The minimum absolute atomic E-state index is 0.0773. The normalized spacial score (nSPS) is 17.2. The van der Waals surface area contributed by atoms with Crippen molar-refractivity contribution in [3.05, 3.63) is 34.2 Å². The van der Waals surface area contributed by atoms with Gasteiger partial charge in [0, 0.05) is 18.0 Å². The van der Waals surface area contributed by atoms with Gasteiger partial charge in [0.1, 0.15) is 16.8 Å². The van der Waals surface area contributed by atoms with Gasteiger partial charge in [-0.05, 0) is 32.0 Å². The van der Waals surface area contributed by atoms with Crippen molar-refractivity contribution < 1.29 is 13.2 Å². The topological polar surface area (TPSA) is 87.1 Å². The largest absolute Gasteiger partial charge is 0.417 e. The van der Waals surface area contributed by atoms with Gasteiger partial charge < -0.3 is 11.1 Å². The third kappa shape index (κ3) is 4.24. The van der Waals surface area contributed by atoms with Crippen LogP contribution in [0.4, 0.5) is 13.2 Å². The molecule has 9 heteroatoms. The van der Waals surface area contributed by atoms with Crippen LogP contribution in [-0.4, -0.2) is 30.3 Å². The molecular formula is C15H15ClF3N5. The van der Waals surface area contributed by atoms with Crippen molar-refractivity contribution in [2.24, 2.45) is 10.7 Å². The predicted octanol–water partition coefficient (Wildman–Crippen LogP) is 2.75. The van der Waals surface area contributed by atoms with E-state index in [-0.39, 0.29) is 17.3 Å². The van der Waals surface area contributed by atoms with Gasteiger partial charge in [0.2, 0.25) is 0 Å². The number of hydrogen-bond donors (Lipinski definition) is 2. The maximum atomic E-state index is 13.1. The van der Waals surface area contributed by atoms with Gasteiger partial charge in [-0.25, -0.2) is 4.98 Å². The molecule has 1 fully saturated rings. The molecule has 5 nitrogen and oxygen atoms in total. The molecule has 1 aliphatic rings. The molecule has 3 N–H and O–H groups in total. The van der Waals surface area contributed by atoms with Crippen LogP contribution in [-0.2, 0) is 6.18 Å². The zero-order valence-corrected chi connectivity index (χ0v) is 13.3. The second kappa shape index (κ2) is 7.64. The van der Waals surface area contributed by atoms with Gasteiger partial charge in [-0.3, -0.25) is 4.99 Å². The maximum Gasteiger partial charge on any atom is 0.417 e. The Balaban J connectivity index is 2.37. The summed E-state index contributed by atoms with van der Waals surface area (Å²) >= 11 is 5.74. The van der Waals surface area contributed by atoms with Gasteiger partial charge in [-0.2, -0.15) is 18.4 Å². The van der Waals surface area contributed by atoms with Gasteiger partial charge in [-0.15, -0.1) is 0 Å². The lowest BCUT2D eigenvalue weighted by molar-refractivity contribution is -0.137. The lowest BCUT2D eigenvalue weighted by atomic mass is 10.1. The number of alkyl halides is 3. The number of nitrogens with zero attached hydrogens (tertiary/aromatic N) is 3. The Morgan fingerprint density at radius 1 is 1.46 bits per heavy atom. The summed E-state index contributed by atoms with van der Waals surface area (Å²) in [5.74, 6) is 0. The summed E-state index contributed by atoms with van der Waals surface area (Å²) in [7, 11) is 0. The van der Waals surface area contributed by atoms with Gasteiger partial charge in [-0.1, -0.05) is 11.6 Å². The molecule has 0 spiro atoms. The molecule has 2 rings (SSSR count). The highest BCUT2D eigenvalue weighted by Crippen LogP contribution is 2.35. The molecule has 0 unspecified atom stereocenters. The zero-order chi connectivity index (χ0) is 17.7. The first-order valence-corrected chi connectivity index (χ1v) is 7.58. The fraction of sp³-hybridized carbons (Fsp3) is 0.400. The van der Waals surface area contributed by atoms with E-state index in [1.54, 1.807) is 0 Å². The van der Waals surface area contributed by atoms with Crippen molar-refractivity contribution in [2.75, 3.05) is 13.1 Å². The highest BCUT2D eigenvalue weighted by Gasteiger charge is 2.35. The number of hydrogen-bond acceptors (Lipinski definition) is 5. The molecule has 24 heavy (non-hydrogen) atoms. The van der Waals surface area contributed by atoms with Crippen LogP contribution in [0.3, 0.4) is 0 Å². The second-order valence-electron chi connectivity index (χ2n) is 5.21. The lowest BCUT2D eigenvalue weighted by Crippen LogP contribution is -2.29. The van der Waals surface area contributed by atoms with Crippen molar-refractivity contribution in [3.8, 4) is 6.07 Å². The molecule has 1 aromatic heterocycles. The number of aliphatic imine (C=N–C) groups is 1. The number of pyridine rings is 1. The number of nitrogens with one attached hydrogen (secondary N) is 1. The molecule has 0 aromatic carbocycles. The smallest absolute Gasteiger partial charge is 0.404 e. The monoisotopic (exact) mass is 357 g/mol. The fourth-order valence-corrected chi connectivity index (χ4v) is 2.56. The summed E-state index contributed by atoms with van der Waals surface area (Å²) in [6.45, 7) is 1.67. The van der Waals surface area contributed by atoms with Gasteiger partial charge in [0.15, 0.2) is 0 Å². The van der Waals surface area contributed by atoms with E-state index < -0.39 is 22.5 Å². The average molecular weight is 358 g/mol. The van der Waals surface area contributed by atoms with Crippen molar-refractivity contribution in [3.63, 3.8) is 0 Å². The fourth-order valence-electron chi connectivity index (χ4n) is 2.33. The molecule has 0 saturated carbocycles. The standard InChI is InChI=1S/C15H15ClF3N5/c16-14-11(7-21)12(15(17,18)19)5-13(24-14)9(6-20)8-23-10-1-3-22-4-2-10/h5-6,8,10,22H,1-4,20H2/b9-6+,23-8?. The molecule has 0 atom stereocenters. The number of halogens is 4. The van der Waals surface area contributed by atoms with Crippen LogP contribution in [0, 0.1) is 11.3 Å². The van der Waals surface area contributed by atoms with Gasteiger partial charge in [0.25, 0.3) is 0 Å². The SMILES string of the molecule is N#Cc1c(C(F)(F)F)cc(/C(C=NC2CCNCC2)=C/N)nc1Cl. The number of aromatic nitrogens is 1. The Hall–Kier alpha value is -2.11. The first-order valence-electron chi connectivity index (χ1n) is 7.20. The minimum Gasteiger partial charge on any atom is -0.404 e. The highest BCUT2D eigenvalue weighted by molar-refractivity contribution is 6.30. The summed E-state index contributed by atoms with van der Waals surface area (Å²) in [5.41, 5.74) is 3.79. The lowest BCUT2D eigenvalue weighted by Gasteiger charge is -2.18. The number of nitrogens with two attached hydrogens (primary N) is 1. The zero-order valence-electron chi connectivity index (χ0n) is 12.6. The van der Waals surface area contributed by atoms with Gasteiger partial charge >= 0.3 is 6.18 Å². The number of piperidine rings is 1. The van der Waals surface area contributed by atoms with Crippen LogP contribution in [0.2, 0.25) is 5.15 Å². The van der Waals surface area contributed by atoms with Crippen LogP contribution < -0.4 is 11.1 Å². The Morgan fingerprint density at radius 3 is 2.67 bits per heavy atom. The minimum atomic E-state index is -4.72. The van der Waals surface area contributed by atoms with Crippen molar-refractivity contribution >= 4 is 23.4 Å². The molecule has 1 aliphatic heterocycles.